The van der Waals surface area contributed by atoms with Crippen LogP contribution in [0.3, 0.4) is 0 Å². The first-order valence-corrected chi connectivity index (χ1v) is 15.0. The van der Waals surface area contributed by atoms with Crippen LogP contribution in [0.5, 0.6) is 5.75 Å². The Kier molecular flexibility index (Phi) is 11.3. The molecule has 0 aromatic heterocycles. The molecule has 0 aliphatic carbocycles. The van der Waals surface area contributed by atoms with Crippen LogP contribution in [0.25, 0.3) is 6.08 Å². The van der Waals surface area contributed by atoms with Crippen molar-refractivity contribution in [3.63, 3.8) is 0 Å². The Morgan fingerprint density at radius 2 is 1.63 bits per heavy atom. The molecule has 1 unspecified atom stereocenters. The molecular formula is C33H29Cl2N3O4S. The van der Waals surface area contributed by atoms with Crippen LogP contribution in [-0.2, 0) is 9.59 Å². The normalized spacial score (nSPS) is 11.8. The number of para-hydroxylation sites is 2. The predicted molar refractivity (Wildman–Crippen MR) is 175 cm³/mol. The Labute approximate surface area is 264 Å². The van der Waals surface area contributed by atoms with Crippen molar-refractivity contribution in [3.8, 4) is 5.75 Å². The van der Waals surface area contributed by atoms with Gasteiger partial charge in [0, 0.05) is 26.2 Å². The zero-order valence-corrected chi connectivity index (χ0v) is 25.7. The Balaban J connectivity index is 1.52. The molecule has 7 nitrogen and oxygen atoms in total. The molecule has 220 valence electrons. The van der Waals surface area contributed by atoms with Gasteiger partial charge < -0.3 is 20.7 Å². The third-order valence-corrected chi connectivity index (χ3v) is 8.11. The van der Waals surface area contributed by atoms with E-state index in [0.717, 1.165) is 4.90 Å². The summed E-state index contributed by atoms with van der Waals surface area (Å²) >= 11 is 13.8. The van der Waals surface area contributed by atoms with Crippen molar-refractivity contribution < 1.29 is 19.1 Å². The smallest absolute Gasteiger partial charge is 0.272 e. The second-order valence-corrected chi connectivity index (χ2v) is 11.4. The summed E-state index contributed by atoms with van der Waals surface area (Å²) in [7, 11) is 1.55. The van der Waals surface area contributed by atoms with Crippen LogP contribution in [0.15, 0.2) is 108 Å². The first-order valence-electron chi connectivity index (χ1n) is 13.3. The lowest BCUT2D eigenvalue weighted by Crippen LogP contribution is -2.30. The van der Waals surface area contributed by atoms with Gasteiger partial charge in [0.1, 0.15) is 11.4 Å². The number of benzene rings is 4. The van der Waals surface area contributed by atoms with Crippen LogP contribution < -0.4 is 20.7 Å². The number of hydrogen-bond acceptors (Lipinski definition) is 5. The Bertz CT molecular complexity index is 1650. The fourth-order valence-electron chi connectivity index (χ4n) is 4.01. The second kappa shape index (κ2) is 15.3. The molecule has 3 N–H and O–H groups in total. The molecule has 0 heterocycles. The number of halogens is 2. The average Bonchev–Trinajstić information content (AvgIpc) is 3.01. The number of amides is 3. The molecule has 0 bridgehead atoms. The van der Waals surface area contributed by atoms with Gasteiger partial charge in [0.25, 0.3) is 11.8 Å². The van der Waals surface area contributed by atoms with Crippen LogP contribution in [0.2, 0.25) is 10.0 Å². The topological polar surface area (TPSA) is 96.5 Å². The van der Waals surface area contributed by atoms with E-state index in [9.17, 15) is 14.4 Å². The minimum Gasteiger partial charge on any atom is -0.495 e. The van der Waals surface area contributed by atoms with E-state index < -0.39 is 17.1 Å². The molecule has 43 heavy (non-hydrogen) atoms. The van der Waals surface area contributed by atoms with Gasteiger partial charge >= 0.3 is 0 Å². The van der Waals surface area contributed by atoms with E-state index in [1.54, 1.807) is 86.0 Å². The highest BCUT2D eigenvalue weighted by atomic mass is 35.5. The van der Waals surface area contributed by atoms with E-state index in [0.29, 0.717) is 44.7 Å². The first-order chi connectivity index (χ1) is 20.8. The van der Waals surface area contributed by atoms with Crippen LogP contribution in [0.1, 0.15) is 29.3 Å². The maximum absolute atomic E-state index is 13.5. The molecular weight excluding hydrogens is 605 g/mol. The van der Waals surface area contributed by atoms with Crippen molar-refractivity contribution in [2.24, 2.45) is 0 Å². The highest BCUT2D eigenvalue weighted by Crippen LogP contribution is 2.30. The van der Waals surface area contributed by atoms with Crippen LogP contribution in [0.4, 0.5) is 11.4 Å². The zero-order chi connectivity index (χ0) is 30.8. The molecule has 10 heteroatoms. The predicted octanol–water partition coefficient (Wildman–Crippen LogP) is 7.92. The summed E-state index contributed by atoms with van der Waals surface area (Å²) in [6.45, 7) is 1.93. The van der Waals surface area contributed by atoms with Gasteiger partial charge in [-0.1, -0.05) is 72.6 Å². The number of carbonyl (C=O) groups is 3. The number of methoxy groups -OCH3 is 1. The maximum Gasteiger partial charge on any atom is 0.272 e. The van der Waals surface area contributed by atoms with Gasteiger partial charge in [-0.25, -0.2) is 0 Å². The van der Waals surface area contributed by atoms with Crippen molar-refractivity contribution in [1.82, 2.24) is 5.32 Å². The molecule has 4 aromatic rings. The average molecular weight is 635 g/mol. The molecule has 0 saturated heterocycles. The fraction of sp³-hybridized carbons (Fsp3) is 0.121. The van der Waals surface area contributed by atoms with E-state index in [1.165, 1.54) is 17.8 Å². The number of rotatable bonds is 11. The molecule has 0 spiro atoms. The molecule has 0 aliphatic rings. The van der Waals surface area contributed by atoms with E-state index in [2.05, 4.69) is 16.0 Å². The van der Waals surface area contributed by atoms with Crippen LogP contribution in [-0.4, -0.2) is 30.1 Å². The lowest BCUT2D eigenvalue weighted by molar-refractivity contribution is -0.116. The van der Waals surface area contributed by atoms with Crippen LogP contribution >= 0.6 is 35.0 Å². The van der Waals surface area contributed by atoms with Gasteiger partial charge in [-0.05, 0) is 72.7 Å². The summed E-state index contributed by atoms with van der Waals surface area (Å²) in [4.78, 5) is 40.3. The summed E-state index contributed by atoms with van der Waals surface area (Å²) in [6, 6.07) is 27.8. The summed E-state index contributed by atoms with van der Waals surface area (Å²) in [5.41, 5.74) is 1.95. The monoisotopic (exact) mass is 633 g/mol. The molecule has 0 fully saturated rings. The molecule has 3 amide bonds. The van der Waals surface area contributed by atoms with Crippen molar-refractivity contribution in [3.05, 3.63) is 124 Å². The van der Waals surface area contributed by atoms with Crippen molar-refractivity contribution >= 4 is 70.1 Å². The quantitative estimate of drug-likeness (QED) is 0.115. The van der Waals surface area contributed by atoms with Gasteiger partial charge in [-0.15, -0.1) is 11.8 Å². The van der Waals surface area contributed by atoms with E-state index in [4.69, 9.17) is 27.9 Å². The minimum atomic E-state index is -0.557. The number of thioether (sulfide) groups is 1. The number of anilines is 2. The minimum absolute atomic E-state index is 0.0150. The van der Waals surface area contributed by atoms with E-state index in [-0.39, 0.29) is 11.6 Å². The molecule has 4 aromatic carbocycles. The van der Waals surface area contributed by atoms with Gasteiger partial charge in [0.05, 0.1) is 18.0 Å². The summed E-state index contributed by atoms with van der Waals surface area (Å²) in [6.07, 6.45) is 2.06. The third kappa shape index (κ3) is 8.88. The highest BCUT2D eigenvalue weighted by molar-refractivity contribution is 8.00. The summed E-state index contributed by atoms with van der Waals surface area (Å²) in [5.74, 6) is -0.606. The number of nitrogens with one attached hydrogen (secondary N) is 3. The Morgan fingerprint density at radius 1 is 0.884 bits per heavy atom. The Morgan fingerprint density at radius 3 is 2.35 bits per heavy atom. The van der Waals surface area contributed by atoms with Crippen LogP contribution in [0, 0.1) is 0 Å². The lowest BCUT2D eigenvalue weighted by Gasteiger charge is -2.17. The van der Waals surface area contributed by atoms with Gasteiger partial charge in [0.15, 0.2) is 0 Å². The highest BCUT2D eigenvalue weighted by Gasteiger charge is 2.20. The molecule has 4 rings (SSSR count). The molecule has 0 aliphatic heterocycles. The second-order valence-electron chi connectivity index (χ2n) is 9.23. The summed E-state index contributed by atoms with van der Waals surface area (Å²) in [5, 5.41) is 8.84. The van der Waals surface area contributed by atoms with E-state index in [1.807, 2.05) is 25.1 Å². The molecule has 1 atom stereocenters. The molecule has 0 saturated carbocycles. The summed E-state index contributed by atoms with van der Waals surface area (Å²) < 4.78 is 5.34. The zero-order valence-electron chi connectivity index (χ0n) is 23.4. The van der Waals surface area contributed by atoms with Crippen molar-refractivity contribution in [2.75, 3.05) is 17.7 Å². The maximum atomic E-state index is 13.5. The van der Waals surface area contributed by atoms with Crippen molar-refractivity contribution in [2.45, 2.75) is 23.5 Å². The SMILES string of the molecule is CCC(Sc1cccc(NC(=O)/C(=C\c2ccc(Cl)cc2Cl)NC(=O)c2ccccc2)c1)C(=O)Nc1ccccc1OC. The van der Waals surface area contributed by atoms with Gasteiger partial charge in [0.2, 0.25) is 5.91 Å². The lowest BCUT2D eigenvalue weighted by atomic mass is 10.1. The number of ether oxygens (including phenoxy) is 1. The van der Waals surface area contributed by atoms with Crippen molar-refractivity contribution in [1.29, 1.82) is 0 Å². The molecule has 0 radical (unpaired) electrons. The Hall–Kier alpha value is -4.24. The van der Waals surface area contributed by atoms with Gasteiger partial charge in [-0.3, -0.25) is 14.4 Å². The number of carbonyl (C=O) groups excluding carboxylic acids is 3. The first kappa shape index (κ1) is 31.7. The largest absolute Gasteiger partial charge is 0.495 e. The standard InChI is InChI=1S/C33H29Cl2N3O4S/c1-3-30(33(41)37-27-14-7-8-15-29(27)42-2)43-25-13-9-12-24(20-25)36-32(40)28(18-22-16-17-23(34)19-26(22)35)38-31(39)21-10-5-4-6-11-21/h4-20,30H,3H2,1-2H3,(H,36,40)(H,37,41)(H,38,39)/b28-18+. The van der Waals surface area contributed by atoms with E-state index >= 15 is 0 Å². The van der Waals surface area contributed by atoms with Gasteiger partial charge in [-0.2, -0.15) is 0 Å². The number of hydrogen-bond donors (Lipinski definition) is 3. The third-order valence-electron chi connectivity index (χ3n) is 6.19. The fourth-order valence-corrected chi connectivity index (χ4v) is 5.49.